The highest BCUT2D eigenvalue weighted by atomic mass is 16.5. The van der Waals surface area contributed by atoms with Gasteiger partial charge in [-0.25, -0.2) is 9.97 Å². The molecule has 1 aromatic heterocycles. The molecule has 0 fully saturated rings. The summed E-state index contributed by atoms with van der Waals surface area (Å²) < 4.78 is 5.64. The van der Waals surface area contributed by atoms with E-state index < -0.39 is 0 Å². The molecule has 98 valence electrons. The molecule has 19 heavy (non-hydrogen) atoms. The van der Waals surface area contributed by atoms with E-state index in [1.54, 1.807) is 0 Å². The van der Waals surface area contributed by atoms with E-state index >= 15 is 0 Å². The second-order valence-electron chi connectivity index (χ2n) is 5.08. The van der Waals surface area contributed by atoms with Gasteiger partial charge in [-0.3, -0.25) is 0 Å². The number of rotatable bonds is 2. The normalized spacial score (nSPS) is 13.4. The van der Waals surface area contributed by atoms with Crippen LogP contribution in [0.4, 0.5) is 5.95 Å². The Morgan fingerprint density at radius 1 is 1.16 bits per heavy atom. The van der Waals surface area contributed by atoms with E-state index in [2.05, 4.69) is 48.1 Å². The molecule has 1 aromatic carbocycles. The number of aromatic nitrogens is 2. The van der Waals surface area contributed by atoms with Crippen LogP contribution in [-0.2, 0) is 6.42 Å². The van der Waals surface area contributed by atoms with Gasteiger partial charge < -0.3 is 10.5 Å². The Balaban J connectivity index is 2.07. The van der Waals surface area contributed by atoms with Crippen molar-refractivity contribution in [2.45, 2.75) is 26.2 Å². The second-order valence-corrected chi connectivity index (χ2v) is 5.08. The lowest BCUT2D eigenvalue weighted by atomic mass is 10.0. The first-order chi connectivity index (χ1) is 9.15. The fourth-order valence-corrected chi connectivity index (χ4v) is 2.31. The minimum absolute atomic E-state index is 0.312. The fourth-order valence-electron chi connectivity index (χ4n) is 2.31. The minimum Gasteiger partial charge on any atom is -0.489 e. The van der Waals surface area contributed by atoms with E-state index in [-0.39, 0.29) is 0 Å². The lowest BCUT2D eigenvalue weighted by Gasteiger charge is -2.10. The van der Waals surface area contributed by atoms with Gasteiger partial charge in [-0.1, -0.05) is 38.1 Å². The van der Waals surface area contributed by atoms with Crippen LogP contribution in [-0.4, -0.2) is 16.6 Å². The summed E-state index contributed by atoms with van der Waals surface area (Å²) in [5, 5.41) is 0. The van der Waals surface area contributed by atoms with Crippen LogP contribution >= 0.6 is 0 Å². The molecular formula is C15H17N3O. The molecule has 0 radical (unpaired) electrons. The number of nitrogen functional groups attached to an aromatic ring is 1. The zero-order valence-corrected chi connectivity index (χ0v) is 11.2. The van der Waals surface area contributed by atoms with Gasteiger partial charge in [-0.15, -0.1) is 0 Å². The minimum atomic E-state index is 0.312. The molecule has 4 heteroatoms. The molecule has 0 atom stereocenters. The van der Waals surface area contributed by atoms with Crippen molar-refractivity contribution in [3.05, 3.63) is 35.5 Å². The topological polar surface area (TPSA) is 61.0 Å². The largest absolute Gasteiger partial charge is 0.489 e. The van der Waals surface area contributed by atoms with E-state index in [1.807, 2.05) is 0 Å². The number of nitrogens with zero attached hydrogens (tertiary/aromatic N) is 2. The van der Waals surface area contributed by atoms with E-state index in [9.17, 15) is 0 Å². The highest BCUT2D eigenvalue weighted by molar-refractivity contribution is 5.69. The highest BCUT2D eigenvalue weighted by Crippen LogP contribution is 2.35. The summed E-state index contributed by atoms with van der Waals surface area (Å²) in [6, 6.07) is 8.39. The summed E-state index contributed by atoms with van der Waals surface area (Å²) in [6.07, 6.45) is 0.805. The Morgan fingerprint density at radius 2 is 1.89 bits per heavy atom. The number of anilines is 1. The molecule has 2 heterocycles. The van der Waals surface area contributed by atoms with Crippen LogP contribution in [0.25, 0.3) is 11.3 Å². The van der Waals surface area contributed by atoms with Crippen molar-refractivity contribution in [3.8, 4) is 17.0 Å². The van der Waals surface area contributed by atoms with Gasteiger partial charge in [0.2, 0.25) is 5.95 Å². The maximum Gasteiger partial charge on any atom is 0.221 e. The predicted octanol–water partition coefficient (Wildman–Crippen LogP) is 2.78. The van der Waals surface area contributed by atoms with Crippen LogP contribution in [0, 0.1) is 0 Å². The first-order valence-electron chi connectivity index (χ1n) is 6.54. The quantitative estimate of drug-likeness (QED) is 0.896. The fraction of sp³-hybridized carbons (Fsp3) is 0.333. The molecule has 4 nitrogen and oxygen atoms in total. The maximum absolute atomic E-state index is 5.77. The zero-order chi connectivity index (χ0) is 13.4. The van der Waals surface area contributed by atoms with Crippen LogP contribution in [0.2, 0.25) is 0 Å². The van der Waals surface area contributed by atoms with Crippen LogP contribution in [0.3, 0.4) is 0 Å². The zero-order valence-electron chi connectivity index (χ0n) is 11.2. The average molecular weight is 255 g/mol. The Hall–Kier alpha value is -2.10. The standard InChI is InChI=1S/C15H17N3O/c1-9(2)10-3-5-11(6-4-10)13-14-12(7-8-19-14)17-15(16)18-13/h3-6,9H,7-8H2,1-2H3,(H2,16,17,18). The van der Waals surface area contributed by atoms with Crippen LogP contribution < -0.4 is 10.5 Å². The molecule has 0 saturated carbocycles. The van der Waals surface area contributed by atoms with Crippen molar-refractivity contribution in [1.82, 2.24) is 9.97 Å². The summed E-state index contributed by atoms with van der Waals surface area (Å²) in [6.45, 7) is 5.02. The first kappa shape index (κ1) is 12.0. The maximum atomic E-state index is 5.77. The summed E-state index contributed by atoms with van der Waals surface area (Å²) in [7, 11) is 0. The van der Waals surface area contributed by atoms with Gasteiger partial charge in [0.1, 0.15) is 5.69 Å². The summed E-state index contributed by atoms with van der Waals surface area (Å²) in [4.78, 5) is 8.56. The van der Waals surface area contributed by atoms with Crippen molar-refractivity contribution in [3.63, 3.8) is 0 Å². The molecular weight excluding hydrogens is 238 g/mol. The van der Waals surface area contributed by atoms with E-state index in [1.165, 1.54) is 5.56 Å². The molecule has 0 spiro atoms. The van der Waals surface area contributed by atoms with E-state index in [0.29, 0.717) is 18.5 Å². The summed E-state index contributed by atoms with van der Waals surface area (Å²) in [5.74, 6) is 1.62. The van der Waals surface area contributed by atoms with E-state index in [4.69, 9.17) is 10.5 Å². The second kappa shape index (κ2) is 4.53. The molecule has 1 aliphatic heterocycles. The van der Waals surface area contributed by atoms with Crippen molar-refractivity contribution in [2.75, 3.05) is 12.3 Å². The summed E-state index contributed by atoms with van der Waals surface area (Å²) in [5.41, 5.74) is 9.82. The van der Waals surface area contributed by atoms with Crippen LogP contribution in [0.5, 0.6) is 5.75 Å². The summed E-state index contributed by atoms with van der Waals surface area (Å²) >= 11 is 0. The van der Waals surface area contributed by atoms with Crippen LogP contribution in [0.1, 0.15) is 31.0 Å². The number of benzene rings is 1. The molecule has 0 amide bonds. The van der Waals surface area contributed by atoms with Gasteiger partial charge in [-0.05, 0) is 11.5 Å². The Kier molecular flexibility index (Phi) is 2.85. The number of nitrogens with two attached hydrogens (primary N) is 1. The third kappa shape index (κ3) is 2.14. The monoisotopic (exact) mass is 255 g/mol. The Labute approximate surface area is 112 Å². The van der Waals surface area contributed by atoms with Gasteiger partial charge in [0.05, 0.1) is 12.3 Å². The molecule has 2 N–H and O–H groups in total. The third-order valence-electron chi connectivity index (χ3n) is 3.39. The molecule has 0 aliphatic carbocycles. The van der Waals surface area contributed by atoms with Crippen molar-refractivity contribution in [1.29, 1.82) is 0 Å². The van der Waals surface area contributed by atoms with Crippen molar-refractivity contribution < 1.29 is 4.74 Å². The number of hydrogen-bond acceptors (Lipinski definition) is 4. The number of ether oxygens (including phenoxy) is 1. The van der Waals surface area contributed by atoms with Crippen molar-refractivity contribution in [2.24, 2.45) is 0 Å². The molecule has 3 rings (SSSR count). The van der Waals surface area contributed by atoms with Gasteiger partial charge >= 0.3 is 0 Å². The third-order valence-corrected chi connectivity index (χ3v) is 3.39. The lowest BCUT2D eigenvalue weighted by Crippen LogP contribution is -2.00. The first-order valence-corrected chi connectivity index (χ1v) is 6.54. The number of hydrogen-bond donors (Lipinski definition) is 1. The SMILES string of the molecule is CC(C)c1ccc(-c2nc(N)nc3c2OCC3)cc1. The predicted molar refractivity (Wildman–Crippen MR) is 75.2 cm³/mol. The number of fused-ring (bicyclic) bond motifs is 1. The van der Waals surface area contributed by atoms with Gasteiger partial charge in [-0.2, -0.15) is 0 Å². The smallest absolute Gasteiger partial charge is 0.221 e. The van der Waals surface area contributed by atoms with E-state index in [0.717, 1.165) is 29.1 Å². The van der Waals surface area contributed by atoms with Gasteiger partial charge in [0.25, 0.3) is 0 Å². The lowest BCUT2D eigenvalue weighted by molar-refractivity contribution is 0.357. The molecule has 0 unspecified atom stereocenters. The Morgan fingerprint density at radius 3 is 2.58 bits per heavy atom. The molecule has 0 saturated heterocycles. The van der Waals surface area contributed by atoms with Crippen LogP contribution in [0.15, 0.2) is 24.3 Å². The highest BCUT2D eigenvalue weighted by Gasteiger charge is 2.21. The van der Waals surface area contributed by atoms with Crippen molar-refractivity contribution >= 4 is 5.95 Å². The average Bonchev–Trinajstić information content (AvgIpc) is 2.85. The Bertz CT molecular complexity index is 606. The molecule has 2 aromatic rings. The van der Waals surface area contributed by atoms with Gasteiger partial charge in [0.15, 0.2) is 5.75 Å². The molecule has 1 aliphatic rings. The molecule has 0 bridgehead atoms. The van der Waals surface area contributed by atoms with Gasteiger partial charge in [0, 0.05) is 12.0 Å².